The average Bonchev–Trinajstić information content (AvgIpc) is 2.67. The highest BCUT2D eigenvalue weighted by molar-refractivity contribution is 9.10. The fourth-order valence-electron chi connectivity index (χ4n) is 1.43. The maximum absolute atomic E-state index is 10.2. The molecule has 1 heterocycles. The average molecular weight is 318 g/mol. The van der Waals surface area contributed by atoms with E-state index in [2.05, 4.69) is 15.9 Å². The predicted molar refractivity (Wildman–Crippen MR) is 72.3 cm³/mol. The lowest BCUT2D eigenvalue weighted by Crippen LogP contribution is -1.98. The summed E-state index contributed by atoms with van der Waals surface area (Å²) in [5, 5.41) is 12.7. The lowest BCUT2D eigenvalue weighted by molar-refractivity contribution is 0.224. The molecule has 2 aromatic rings. The second-order valence-electron chi connectivity index (χ2n) is 3.54. The third-order valence-corrected chi connectivity index (χ3v) is 4.67. The molecule has 0 radical (unpaired) electrons. The van der Waals surface area contributed by atoms with E-state index in [0.717, 1.165) is 20.5 Å². The van der Waals surface area contributed by atoms with Gasteiger partial charge in [-0.05, 0) is 35.6 Å². The third-order valence-electron chi connectivity index (χ3n) is 2.40. The number of benzene rings is 1. The molecule has 1 N–H and O–H groups in total. The number of hydrogen-bond donors (Lipinski definition) is 1. The molecule has 1 aromatic heterocycles. The molecule has 0 saturated heterocycles. The van der Waals surface area contributed by atoms with Gasteiger partial charge in [-0.2, -0.15) is 0 Å². The Balaban J connectivity index is 2.38. The fourth-order valence-corrected chi connectivity index (χ4v) is 3.00. The molecule has 0 aliphatic heterocycles. The monoisotopic (exact) mass is 316 g/mol. The van der Waals surface area contributed by atoms with Gasteiger partial charge in [-0.1, -0.05) is 39.7 Å². The molecule has 0 saturated carbocycles. The zero-order valence-corrected chi connectivity index (χ0v) is 11.7. The smallest absolute Gasteiger partial charge is 0.115 e. The van der Waals surface area contributed by atoms with E-state index in [9.17, 15) is 5.11 Å². The molecule has 2 rings (SSSR count). The molecule has 1 nitrogen and oxygen atoms in total. The molecule has 0 bridgehead atoms. The Morgan fingerprint density at radius 1 is 1.38 bits per heavy atom. The number of aryl methyl sites for hydroxylation is 1. The summed E-state index contributed by atoms with van der Waals surface area (Å²) in [6.45, 7) is 2.01. The summed E-state index contributed by atoms with van der Waals surface area (Å²) < 4.78 is 0.997. The van der Waals surface area contributed by atoms with Crippen LogP contribution in [0.5, 0.6) is 0 Å². The molecule has 0 spiro atoms. The summed E-state index contributed by atoms with van der Waals surface area (Å²) in [5.41, 5.74) is 2.00. The highest BCUT2D eigenvalue weighted by atomic mass is 79.9. The second-order valence-corrected chi connectivity index (χ2v) is 5.75. The Morgan fingerprint density at radius 3 is 2.69 bits per heavy atom. The van der Waals surface area contributed by atoms with E-state index in [-0.39, 0.29) is 0 Å². The van der Waals surface area contributed by atoms with Crippen molar-refractivity contribution in [1.29, 1.82) is 0 Å². The minimum atomic E-state index is -0.649. The molecular formula is C12H10BrClOS. The molecule has 4 heteroatoms. The van der Waals surface area contributed by atoms with Crippen molar-refractivity contribution in [2.75, 3.05) is 0 Å². The van der Waals surface area contributed by atoms with Gasteiger partial charge in [0.2, 0.25) is 0 Å². The van der Waals surface area contributed by atoms with Crippen LogP contribution in [-0.4, -0.2) is 5.11 Å². The van der Waals surface area contributed by atoms with Crippen molar-refractivity contribution in [2.24, 2.45) is 0 Å². The Kier molecular flexibility index (Phi) is 3.70. The Morgan fingerprint density at radius 2 is 2.12 bits per heavy atom. The first-order valence-corrected chi connectivity index (χ1v) is 6.81. The van der Waals surface area contributed by atoms with E-state index >= 15 is 0 Å². The Labute approximate surface area is 112 Å². The van der Waals surface area contributed by atoms with E-state index in [1.807, 2.05) is 30.5 Å². The largest absolute Gasteiger partial charge is 0.383 e. The zero-order chi connectivity index (χ0) is 11.7. The van der Waals surface area contributed by atoms with Crippen LogP contribution >= 0.6 is 38.9 Å². The van der Waals surface area contributed by atoms with Crippen LogP contribution in [0.25, 0.3) is 0 Å². The minimum absolute atomic E-state index is 0.620. The zero-order valence-electron chi connectivity index (χ0n) is 8.58. The van der Waals surface area contributed by atoms with Crippen LogP contribution in [0, 0.1) is 6.92 Å². The maximum atomic E-state index is 10.2. The van der Waals surface area contributed by atoms with Crippen LogP contribution < -0.4 is 0 Å². The highest BCUT2D eigenvalue weighted by Crippen LogP contribution is 2.34. The molecule has 1 aromatic carbocycles. The number of rotatable bonds is 2. The van der Waals surface area contributed by atoms with Gasteiger partial charge in [-0.3, -0.25) is 0 Å². The Hall–Kier alpha value is -0.350. The van der Waals surface area contributed by atoms with Crippen LogP contribution in [0.3, 0.4) is 0 Å². The summed E-state index contributed by atoms with van der Waals surface area (Å²) in [7, 11) is 0. The Bertz CT molecular complexity index is 509. The van der Waals surface area contributed by atoms with Crippen molar-refractivity contribution in [1.82, 2.24) is 0 Å². The summed E-state index contributed by atoms with van der Waals surface area (Å²) in [6, 6.07) is 7.62. The van der Waals surface area contributed by atoms with Gasteiger partial charge in [0, 0.05) is 4.47 Å². The second kappa shape index (κ2) is 4.88. The number of hydrogen-bond acceptors (Lipinski definition) is 2. The van der Waals surface area contributed by atoms with Gasteiger partial charge in [0.25, 0.3) is 0 Å². The van der Waals surface area contributed by atoms with Crippen LogP contribution in [0.15, 0.2) is 34.1 Å². The summed E-state index contributed by atoms with van der Waals surface area (Å²) >= 11 is 10.9. The van der Waals surface area contributed by atoms with Crippen LogP contribution in [0.2, 0.25) is 5.02 Å². The molecule has 0 aliphatic carbocycles. The topological polar surface area (TPSA) is 20.2 Å². The molecular weight excluding hydrogens is 308 g/mol. The van der Waals surface area contributed by atoms with Gasteiger partial charge in [-0.25, -0.2) is 0 Å². The third kappa shape index (κ3) is 2.33. The first-order chi connectivity index (χ1) is 7.59. The lowest BCUT2D eigenvalue weighted by atomic mass is 10.1. The van der Waals surface area contributed by atoms with E-state index < -0.39 is 6.10 Å². The molecule has 84 valence electrons. The summed E-state index contributed by atoms with van der Waals surface area (Å²) in [4.78, 5) is 0.789. The summed E-state index contributed by atoms with van der Waals surface area (Å²) in [6.07, 6.45) is -0.649. The molecule has 0 aliphatic rings. The van der Waals surface area contributed by atoms with Gasteiger partial charge in [-0.15, -0.1) is 11.3 Å². The van der Waals surface area contributed by atoms with Crippen molar-refractivity contribution in [3.8, 4) is 0 Å². The first kappa shape index (κ1) is 12.1. The standard InChI is InChI=1S/C12H10BrClOS/c1-7-2-3-8(6-9(7)13)11(15)12-10(14)4-5-16-12/h2-6,11,15H,1H3. The van der Waals surface area contributed by atoms with Gasteiger partial charge < -0.3 is 5.11 Å². The van der Waals surface area contributed by atoms with Crippen molar-refractivity contribution in [3.05, 3.63) is 55.1 Å². The fraction of sp³-hybridized carbons (Fsp3) is 0.167. The van der Waals surface area contributed by atoms with E-state index in [1.54, 1.807) is 6.07 Å². The number of thiophene rings is 1. The van der Waals surface area contributed by atoms with E-state index in [0.29, 0.717) is 5.02 Å². The quantitative estimate of drug-likeness (QED) is 0.861. The van der Waals surface area contributed by atoms with E-state index in [4.69, 9.17) is 11.6 Å². The molecule has 1 atom stereocenters. The lowest BCUT2D eigenvalue weighted by Gasteiger charge is -2.11. The highest BCUT2D eigenvalue weighted by Gasteiger charge is 2.15. The van der Waals surface area contributed by atoms with E-state index in [1.165, 1.54) is 11.3 Å². The minimum Gasteiger partial charge on any atom is -0.383 e. The van der Waals surface area contributed by atoms with Crippen molar-refractivity contribution < 1.29 is 5.11 Å². The molecule has 0 fully saturated rings. The van der Waals surface area contributed by atoms with Gasteiger partial charge in [0.05, 0.1) is 9.90 Å². The number of halogens is 2. The molecule has 1 unspecified atom stereocenters. The SMILES string of the molecule is Cc1ccc(C(O)c2sccc2Cl)cc1Br. The van der Waals surface area contributed by atoms with Gasteiger partial charge in [0.1, 0.15) is 6.10 Å². The van der Waals surface area contributed by atoms with Crippen LogP contribution in [0.1, 0.15) is 22.1 Å². The number of aliphatic hydroxyl groups is 1. The predicted octanol–water partition coefficient (Wildman–Crippen LogP) is 4.55. The van der Waals surface area contributed by atoms with Crippen molar-refractivity contribution in [2.45, 2.75) is 13.0 Å². The normalized spacial score (nSPS) is 12.8. The first-order valence-electron chi connectivity index (χ1n) is 4.76. The molecule has 16 heavy (non-hydrogen) atoms. The molecule has 0 amide bonds. The van der Waals surface area contributed by atoms with Crippen molar-refractivity contribution in [3.63, 3.8) is 0 Å². The van der Waals surface area contributed by atoms with Crippen LogP contribution in [-0.2, 0) is 0 Å². The van der Waals surface area contributed by atoms with Gasteiger partial charge in [0.15, 0.2) is 0 Å². The number of aliphatic hydroxyl groups excluding tert-OH is 1. The maximum Gasteiger partial charge on any atom is 0.115 e. The van der Waals surface area contributed by atoms with Crippen LogP contribution in [0.4, 0.5) is 0 Å². The summed E-state index contributed by atoms with van der Waals surface area (Å²) in [5.74, 6) is 0. The van der Waals surface area contributed by atoms with Crippen molar-refractivity contribution >= 4 is 38.9 Å². The van der Waals surface area contributed by atoms with Gasteiger partial charge >= 0.3 is 0 Å².